The molecule has 0 atom stereocenters. The van der Waals surface area contributed by atoms with Gasteiger partial charge in [-0.3, -0.25) is 0 Å². The monoisotopic (exact) mass is 348 g/mol. The number of quaternary nitrogens is 2. The Morgan fingerprint density at radius 1 is 0.708 bits per heavy atom. The Hall–Kier alpha value is -1.18. The average Bonchev–Trinajstić information content (AvgIpc) is 2.45. The molecule has 0 bridgehead atoms. The van der Waals surface area contributed by atoms with Gasteiger partial charge < -0.3 is 15.3 Å². The number of aliphatic hydroxyl groups excluding tert-OH is 1. The largest absolute Gasteiger partial charge is 0.513 e. The van der Waals surface area contributed by atoms with E-state index in [4.69, 9.17) is 10.2 Å². The summed E-state index contributed by atoms with van der Waals surface area (Å²) in [7, 11) is 6.73. The molecule has 0 spiro atoms. The number of carboxylic acid groups (broad SMARTS) is 2. The molecule has 0 heterocycles. The Bertz CT molecular complexity index is 360. The summed E-state index contributed by atoms with van der Waals surface area (Å²) in [6.07, 6.45) is 4.89. The molecule has 0 aromatic rings. The third kappa shape index (κ3) is 9.85. The van der Waals surface area contributed by atoms with E-state index in [0.29, 0.717) is 13.1 Å². The molecular weight excluding hydrogens is 312 g/mol. The van der Waals surface area contributed by atoms with E-state index < -0.39 is 12.2 Å². The van der Waals surface area contributed by atoms with E-state index in [9.17, 15) is 14.7 Å². The van der Waals surface area contributed by atoms with Gasteiger partial charge in [0.1, 0.15) is 0 Å². The molecule has 0 saturated heterocycles. The standard InChI is InChI=1S/C17H34N2O5/c1-18(2,16(21)22)13-9-5-7-11-15(20)12-8-6-10-14-19(3,4)17(23)24/h15,20H,5-14H2,1-4H3/p+2. The van der Waals surface area contributed by atoms with Crippen LogP contribution in [-0.2, 0) is 0 Å². The molecule has 2 amide bonds. The number of carbonyl (C=O) groups is 2. The number of hydrogen-bond donors (Lipinski definition) is 3. The molecule has 0 aliphatic heterocycles. The van der Waals surface area contributed by atoms with Gasteiger partial charge >= 0.3 is 12.2 Å². The minimum Gasteiger partial charge on any atom is -0.435 e. The van der Waals surface area contributed by atoms with Crippen LogP contribution in [0.2, 0.25) is 0 Å². The summed E-state index contributed by atoms with van der Waals surface area (Å²) in [5, 5.41) is 28.0. The van der Waals surface area contributed by atoms with Crippen LogP contribution in [0.25, 0.3) is 0 Å². The Kier molecular flexibility index (Phi) is 10.1. The SMILES string of the molecule is C[N+](C)(CCCCCC(O)CCCCC[N+](C)(C)C(=O)O)C(=O)O. The van der Waals surface area contributed by atoms with E-state index in [1.54, 1.807) is 28.2 Å². The van der Waals surface area contributed by atoms with Crippen molar-refractivity contribution in [3.05, 3.63) is 0 Å². The Balaban J connectivity index is 3.63. The van der Waals surface area contributed by atoms with Gasteiger partial charge in [0.2, 0.25) is 0 Å². The molecule has 24 heavy (non-hydrogen) atoms. The van der Waals surface area contributed by atoms with Gasteiger partial charge in [-0.1, -0.05) is 12.8 Å². The molecule has 0 aliphatic carbocycles. The molecule has 7 nitrogen and oxygen atoms in total. The number of aliphatic hydroxyl groups is 1. The van der Waals surface area contributed by atoms with Crippen molar-refractivity contribution in [3.8, 4) is 0 Å². The normalized spacial score (nSPS) is 12.6. The molecule has 0 fully saturated rings. The third-order valence-electron chi connectivity index (χ3n) is 4.54. The van der Waals surface area contributed by atoms with Gasteiger partial charge in [0, 0.05) is 0 Å². The minimum absolute atomic E-state index is 0.0201. The average molecular weight is 348 g/mol. The number of unbranched alkanes of at least 4 members (excludes halogenated alkanes) is 4. The van der Waals surface area contributed by atoms with Crippen LogP contribution >= 0.6 is 0 Å². The molecule has 7 heteroatoms. The van der Waals surface area contributed by atoms with Crippen molar-refractivity contribution in [2.24, 2.45) is 0 Å². The van der Waals surface area contributed by atoms with Gasteiger partial charge in [-0.2, -0.15) is 9.59 Å². The first-order chi connectivity index (χ1) is 11.0. The number of amides is 2. The van der Waals surface area contributed by atoms with Crippen molar-refractivity contribution in [1.29, 1.82) is 0 Å². The van der Waals surface area contributed by atoms with Crippen LogP contribution < -0.4 is 0 Å². The lowest BCUT2D eigenvalue weighted by atomic mass is 10.0. The van der Waals surface area contributed by atoms with Gasteiger partial charge in [0.15, 0.2) is 0 Å². The maximum Gasteiger partial charge on any atom is 0.513 e. The second-order valence-corrected chi connectivity index (χ2v) is 7.73. The number of rotatable bonds is 12. The Morgan fingerprint density at radius 3 is 1.33 bits per heavy atom. The topological polar surface area (TPSA) is 94.8 Å². The summed E-state index contributed by atoms with van der Waals surface area (Å²) < 4.78 is -0.0402. The van der Waals surface area contributed by atoms with Crippen LogP contribution in [0.5, 0.6) is 0 Å². The maximum absolute atomic E-state index is 11.0. The van der Waals surface area contributed by atoms with Gasteiger partial charge in [0.05, 0.1) is 47.4 Å². The lowest BCUT2D eigenvalue weighted by Crippen LogP contribution is -2.45. The van der Waals surface area contributed by atoms with Crippen LogP contribution in [0.3, 0.4) is 0 Å². The highest BCUT2D eigenvalue weighted by Crippen LogP contribution is 2.13. The second kappa shape index (κ2) is 10.6. The molecule has 3 N–H and O–H groups in total. The van der Waals surface area contributed by atoms with Gasteiger partial charge in [-0.15, -0.1) is 0 Å². The minimum atomic E-state index is -0.820. The van der Waals surface area contributed by atoms with Gasteiger partial charge in [0.25, 0.3) is 0 Å². The van der Waals surface area contributed by atoms with Crippen LogP contribution in [0.4, 0.5) is 9.59 Å². The fourth-order valence-corrected chi connectivity index (χ4v) is 2.46. The summed E-state index contributed by atoms with van der Waals surface area (Å²) in [6.45, 7) is 1.20. The van der Waals surface area contributed by atoms with Crippen molar-refractivity contribution in [3.63, 3.8) is 0 Å². The van der Waals surface area contributed by atoms with Gasteiger partial charge in [-0.25, -0.2) is 8.97 Å². The predicted molar refractivity (Wildman–Crippen MR) is 92.9 cm³/mol. The third-order valence-corrected chi connectivity index (χ3v) is 4.54. The molecule has 142 valence electrons. The van der Waals surface area contributed by atoms with Crippen molar-refractivity contribution in [1.82, 2.24) is 0 Å². The zero-order valence-electron chi connectivity index (χ0n) is 15.7. The smallest absolute Gasteiger partial charge is 0.435 e. The Morgan fingerprint density at radius 2 is 1.04 bits per heavy atom. The quantitative estimate of drug-likeness (QED) is 0.372. The summed E-state index contributed by atoms with van der Waals surface area (Å²) in [5.74, 6) is 0. The van der Waals surface area contributed by atoms with Crippen LogP contribution in [0.1, 0.15) is 51.4 Å². The van der Waals surface area contributed by atoms with Crippen LogP contribution in [0, 0.1) is 0 Å². The van der Waals surface area contributed by atoms with E-state index in [0.717, 1.165) is 51.4 Å². The van der Waals surface area contributed by atoms with Crippen molar-refractivity contribution < 1.29 is 33.9 Å². The van der Waals surface area contributed by atoms with E-state index in [1.165, 1.54) is 0 Å². The van der Waals surface area contributed by atoms with Crippen LogP contribution in [0.15, 0.2) is 0 Å². The summed E-state index contributed by atoms with van der Waals surface area (Å²) in [5.41, 5.74) is 0. The lowest BCUT2D eigenvalue weighted by Gasteiger charge is -2.22. The molecular formula is C17H36N2O5+2. The number of nitrogens with zero attached hydrogens (tertiary/aromatic N) is 2. The molecule has 0 aromatic carbocycles. The van der Waals surface area contributed by atoms with Crippen molar-refractivity contribution in [2.45, 2.75) is 57.5 Å². The van der Waals surface area contributed by atoms with Crippen molar-refractivity contribution in [2.75, 3.05) is 41.3 Å². The second-order valence-electron chi connectivity index (χ2n) is 7.73. The van der Waals surface area contributed by atoms with E-state index >= 15 is 0 Å². The molecule has 0 aromatic heterocycles. The van der Waals surface area contributed by atoms with E-state index in [-0.39, 0.29) is 15.1 Å². The number of hydrogen-bond acceptors (Lipinski definition) is 3. The molecule has 0 saturated carbocycles. The van der Waals surface area contributed by atoms with E-state index in [1.807, 2.05) is 0 Å². The van der Waals surface area contributed by atoms with E-state index in [2.05, 4.69) is 0 Å². The Labute approximate surface area is 145 Å². The fourth-order valence-electron chi connectivity index (χ4n) is 2.46. The fraction of sp³-hybridized carbons (Fsp3) is 0.882. The predicted octanol–water partition coefficient (Wildman–Crippen LogP) is 2.98. The highest BCUT2D eigenvalue weighted by Gasteiger charge is 2.25. The first kappa shape index (κ1) is 22.8. The van der Waals surface area contributed by atoms with Gasteiger partial charge in [-0.05, 0) is 38.5 Å². The highest BCUT2D eigenvalue weighted by atomic mass is 16.4. The first-order valence-electron chi connectivity index (χ1n) is 8.80. The zero-order valence-corrected chi connectivity index (χ0v) is 15.7. The molecule has 0 rings (SSSR count). The van der Waals surface area contributed by atoms with Crippen molar-refractivity contribution >= 4 is 12.2 Å². The van der Waals surface area contributed by atoms with Crippen LogP contribution in [-0.4, -0.2) is 83.9 Å². The summed E-state index contributed by atoms with van der Waals surface area (Å²) in [6, 6.07) is 0. The molecule has 0 radical (unpaired) electrons. The summed E-state index contributed by atoms with van der Waals surface area (Å²) >= 11 is 0. The first-order valence-corrected chi connectivity index (χ1v) is 8.80. The zero-order chi connectivity index (χ0) is 18.8. The lowest BCUT2D eigenvalue weighted by molar-refractivity contribution is -0.816. The molecule has 0 aliphatic rings. The molecule has 0 unspecified atom stereocenters. The summed E-state index contributed by atoms with van der Waals surface area (Å²) in [4.78, 5) is 21.9. The maximum atomic E-state index is 11.0. The highest BCUT2D eigenvalue weighted by molar-refractivity contribution is 5.56.